The predicted octanol–water partition coefficient (Wildman–Crippen LogP) is 11.9. The molecule has 2 aromatic carbocycles. The van der Waals surface area contributed by atoms with E-state index < -0.39 is 90.8 Å². The van der Waals surface area contributed by atoms with Gasteiger partial charge < -0.3 is 40.4 Å². The minimum absolute atomic E-state index is 0. The third kappa shape index (κ3) is 29.8. The van der Waals surface area contributed by atoms with Crippen molar-refractivity contribution in [3.8, 4) is 22.3 Å². The van der Waals surface area contributed by atoms with Crippen LogP contribution in [-0.4, -0.2) is 207 Å². The second kappa shape index (κ2) is 46.0. The molecule has 7 aromatic heterocycles. The van der Waals surface area contributed by atoms with Gasteiger partial charge in [0, 0.05) is 164 Å². The number of ether oxygens (including phenoxy) is 2. The number of likely N-dealkylation sites (tertiary alicyclic amines) is 3. The third-order valence-corrected chi connectivity index (χ3v) is 19.5. The average Bonchev–Trinajstić information content (AvgIpc) is 1.63. The zero-order chi connectivity index (χ0) is 89.6. The van der Waals surface area contributed by atoms with Crippen LogP contribution in [-0.2, 0) is 105 Å². The molecule has 3 aliphatic heterocycles. The number of nitrogens with zero attached hydrogens (tertiary/aromatic N) is 14. The van der Waals surface area contributed by atoms with E-state index in [0.29, 0.717) is 56.3 Å². The van der Waals surface area contributed by atoms with Gasteiger partial charge in [0.25, 0.3) is 0 Å². The smallest absolute Gasteiger partial charge is 0.444 e. The maximum atomic E-state index is 14.5. The summed E-state index contributed by atoms with van der Waals surface area (Å²) in [6.07, 6.45) is 8.22. The highest BCUT2D eigenvalue weighted by Crippen LogP contribution is 2.41. The molecular weight excluding hydrogens is 1780 g/mol. The first-order valence-electron chi connectivity index (χ1n) is 38.6. The van der Waals surface area contributed by atoms with Crippen LogP contribution in [0.3, 0.4) is 0 Å². The van der Waals surface area contributed by atoms with Crippen LogP contribution in [0.2, 0.25) is 5.82 Å². The number of hydrogen-bond acceptors (Lipinski definition) is 27. The molecule has 31 nitrogen and oxygen atoms in total. The normalized spacial score (nSPS) is 17.8. The van der Waals surface area contributed by atoms with Crippen LogP contribution in [0.5, 0.6) is 0 Å². The summed E-state index contributed by atoms with van der Waals surface area (Å²) in [5, 5.41) is 34.7. The van der Waals surface area contributed by atoms with E-state index in [9.17, 15) is 51.5 Å². The molecule has 15 rings (SSSR count). The Morgan fingerprint density at radius 3 is 1.27 bits per heavy atom. The summed E-state index contributed by atoms with van der Waals surface area (Å²) >= 11 is 18.8. The number of aromatic nitrogens is 11. The molecule has 0 bridgehead atoms. The van der Waals surface area contributed by atoms with Gasteiger partial charge >= 0.3 is 25.5 Å². The highest BCUT2D eigenvalue weighted by atomic mass is 79.9. The number of rotatable bonds is 15. The van der Waals surface area contributed by atoms with Gasteiger partial charge in [-0.1, -0.05) is 43.2 Å². The van der Waals surface area contributed by atoms with E-state index in [0.717, 1.165) is 108 Å². The summed E-state index contributed by atoms with van der Waals surface area (Å²) in [4.78, 5) is 150. The van der Waals surface area contributed by atoms with E-state index in [2.05, 4.69) is 122 Å². The molecule has 10 heterocycles. The number of carbonyl (C=O) groups is 8. The predicted molar refractivity (Wildman–Crippen MR) is 475 cm³/mol. The first-order chi connectivity index (χ1) is 57.8. The zero-order valence-corrected chi connectivity index (χ0v) is 75.7. The summed E-state index contributed by atoms with van der Waals surface area (Å²) in [5.41, 5.74) is 6.19. The van der Waals surface area contributed by atoms with Gasteiger partial charge in [0.15, 0.2) is 11.6 Å². The molecule has 3 saturated carbocycles. The largest absolute Gasteiger partial charge is 0.454 e. The van der Waals surface area contributed by atoms with Gasteiger partial charge in [0.2, 0.25) is 23.6 Å². The number of Topliss-reactive ketones (excluding diaryl/α,β-unsaturated/α-hetero) is 2. The van der Waals surface area contributed by atoms with E-state index in [1.54, 1.807) is 114 Å². The minimum atomic E-state index is -1.33. The summed E-state index contributed by atoms with van der Waals surface area (Å²) in [6.45, 7) is 16.2. The van der Waals surface area contributed by atoms with Crippen molar-refractivity contribution in [2.45, 2.75) is 199 Å². The van der Waals surface area contributed by atoms with Crippen molar-refractivity contribution < 1.29 is 80.6 Å². The van der Waals surface area contributed by atoms with Gasteiger partial charge in [0.05, 0.1) is 30.7 Å². The summed E-state index contributed by atoms with van der Waals surface area (Å²) in [6, 6.07) is 24.5. The number of fused-ring (bicyclic) bond motifs is 2. The molecule has 6 atom stereocenters. The topological polar surface area (TPSA) is 401 Å². The first-order valence-corrected chi connectivity index (χ1v) is 43.3. The Balaban J connectivity index is 0.000000220. The second-order valence-corrected chi connectivity index (χ2v) is 33.7. The number of hydrogen-bond donors (Lipinski definition) is 5. The van der Waals surface area contributed by atoms with Crippen molar-refractivity contribution in [1.82, 2.24) is 69.1 Å². The van der Waals surface area contributed by atoms with Crippen molar-refractivity contribution in [2.24, 2.45) is 7.05 Å². The fourth-order valence-corrected chi connectivity index (χ4v) is 13.3. The van der Waals surface area contributed by atoms with E-state index in [1.165, 1.54) is 23.4 Å². The molecule has 3 saturated heterocycles. The first kappa shape index (κ1) is 99.9. The van der Waals surface area contributed by atoms with E-state index >= 15 is 0 Å². The SMILES string of the molecule is CC(=O)c1nn(C)c2ccc(-c3cnc(C)nc3)cc12.CC(=O)c1nn(CC(=O)N2C[C@H](F)C[C@H]2C(=O)Nc2cccc(C3CC3)n2)c2ccc(-c3cnc(C)nc3)cc12.CC(C)(C)OC(=O)N1C[C@H](F)C[C@H]1C(=O)Nc1cccc(Br)n1.CC(C)(C)OC(=O)N1C[C@H](F)C[C@H]1C(=O)Nc1cccc(C2CC2)n1.O=C=O.OB(O)C1CC1.S.S=S.S=S=S. The maximum absolute atomic E-state index is 14.5. The highest BCUT2D eigenvalue weighted by molar-refractivity contribution is 9.10. The summed E-state index contributed by atoms with van der Waals surface area (Å²) < 4.78 is 56.3. The summed E-state index contributed by atoms with van der Waals surface area (Å²) in [7, 11) is 1.72. The Morgan fingerprint density at radius 1 is 0.553 bits per heavy atom. The van der Waals surface area contributed by atoms with E-state index in [1.807, 2.05) is 68.6 Å². The monoisotopic (exact) mass is 1870 g/mol. The molecule has 0 unspecified atom stereocenters. The van der Waals surface area contributed by atoms with Crippen LogP contribution in [0.4, 0.5) is 40.2 Å². The molecule has 42 heteroatoms. The molecular formula is C81H94BBrF3N17O14S6. The van der Waals surface area contributed by atoms with Crippen LogP contribution in [0.25, 0.3) is 44.1 Å². The van der Waals surface area contributed by atoms with E-state index in [4.69, 9.17) is 29.1 Å². The van der Waals surface area contributed by atoms with Crippen LogP contribution in [0.1, 0.15) is 169 Å². The highest BCUT2D eigenvalue weighted by Gasteiger charge is 2.45. The molecule has 9 aromatic rings. The third-order valence-electron chi connectivity index (χ3n) is 19.1. The van der Waals surface area contributed by atoms with Crippen LogP contribution in [0.15, 0.2) is 120 Å². The van der Waals surface area contributed by atoms with Crippen LogP contribution < -0.4 is 16.0 Å². The van der Waals surface area contributed by atoms with Crippen molar-refractivity contribution >= 4 is 183 Å². The van der Waals surface area contributed by atoms with Crippen molar-refractivity contribution in [2.75, 3.05) is 35.6 Å². The maximum Gasteiger partial charge on any atom is 0.454 e. The lowest BCUT2D eigenvalue weighted by molar-refractivity contribution is -0.191. The number of amides is 6. The van der Waals surface area contributed by atoms with Gasteiger partial charge in [-0.15, -0.1) is 0 Å². The van der Waals surface area contributed by atoms with Gasteiger partial charge in [-0.2, -0.15) is 33.3 Å². The lowest BCUT2D eigenvalue weighted by Crippen LogP contribution is -2.45. The van der Waals surface area contributed by atoms with Gasteiger partial charge in [0.1, 0.15) is 99.5 Å². The Labute approximate surface area is 746 Å². The zero-order valence-electron chi connectivity index (χ0n) is 69.0. The quantitative estimate of drug-likeness (QED) is 0.0361. The number of benzene rings is 2. The molecule has 6 amide bonds. The summed E-state index contributed by atoms with van der Waals surface area (Å²) in [5.74, 6) is 1.48. The minimum Gasteiger partial charge on any atom is -0.444 e. The van der Waals surface area contributed by atoms with Gasteiger partial charge in [-0.05, 0) is 175 Å². The Hall–Kier alpha value is -10.2. The average molecular weight is 1870 g/mol. The molecule has 6 fully saturated rings. The van der Waals surface area contributed by atoms with Gasteiger partial charge in [-0.3, -0.25) is 47.9 Å². The number of aryl methyl sites for hydroxylation is 3. The van der Waals surface area contributed by atoms with Crippen molar-refractivity contribution in [1.29, 1.82) is 0 Å². The molecule has 0 radical (unpaired) electrons. The molecule has 5 N–H and O–H groups in total. The number of pyridine rings is 3. The number of halogens is 4. The Bertz CT molecular complexity index is 5300. The molecule has 3 aliphatic carbocycles. The molecule has 0 spiro atoms. The van der Waals surface area contributed by atoms with Crippen molar-refractivity contribution in [3.63, 3.8) is 0 Å². The standard InChI is InChI=1S/C29H28FN7O3.C18H24FN3O3.C15H19BrFN3O3.C15H14N4O.C3H7BO2.CO2.S3.S2.H2S/c1-16(38)28-22-10-19(20-12-31-17(2)32-13-20)8-9-24(22)37(35-28)15-27(39)36-14-21(30)11-25(36)29(40)34-26-5-3-4-23(33-26)18-6-7-18;1-18(2,3)25-17(24)22-10-12(19)9-14(22)16(23)21-15-6-4-5-13(20-15)11-7-8-11;1-15(2,3)23-14(22)20-8-9(17)7-10(20)13(21)19-12-6-4-5-11(16)18-12;1-9(20)15-13-6-11(4-5-14(13)19(3)18-15)12-7-16-10(2)17-8-12;5-4(6)3-1-2-3;2-1-3;1-3-2;1-2;/h3-5,8-10,12-13,18,21,25H,6-7,11,14-15H2,1-2H3,(H,33,34,40);4-6,11-12,14H,7-10H2,1-3H3,(H,20,21,23);4-6,9-10H,7-8H2,1-3H3,(H,18,19,21);4-8H,1-3H3;3,5-6H,1-2H2;;;;1H2/t21-,25+;12-,14+;9-,10+;;;;;;/m111....../s1. The number of ketones is 2. The Morgan fingerprint density at radius 2 is 0.911 bits per heavy atom. The van der Waals surface area contributed by atoms with Gasteiger partial charge in [-0.25, -0.2) is 57.6 Å². The lowest BCUT2D eigenvalue weighted by atomic mass is 9.84. The fourth-order valence-electron chi connectivity index (χ4n) is 12.9. The van der Waals surface area contributed by atoms with Crippen LogP contribution >= 0.6 is 29.4 Å². The molecule has 654 valence electrons. The lowest BCUT2D eigenvalue weighted by Gasteiger charge is -2.27. The number of alkyl halides is 3. The molecule has 6 aliphatic rings. The molecule has 123 heavy (non-hydrogen) atoms. The number of carbonyl (C=O) groups excluding carboxylic acids is 10. The second-order valence-electron chi connectivity index (χ2n) is 31.1. The number of nitrogens with one attached hydrogen (secondary N) is 3. The van der Waals surface area contributed by atoms with E-state index in [-0.39, 0.29) is 88.2 Å². The fraction of sp³-hybridized carbons (Fsp3) is 0.432. The van der Waals surface area contributed by atoms with Crippen molar-refractivity contribution in [3.05, 3.63) is 155 Å². The number of anilines is 3. The Kier molecular flexibility index (Phi) is 37.4. The van der Waals surface area contributed by atoms with Crippen LogP contribution in [0, 0.1) is 13.8 Å².